The minimum Gasteiger partial charge on any atom is -0.478 e. The molecule has 0 saturated heterocycles. The van der Waals surface area contributed by atoms with Gasteiger partial charge in [-0.1, -0.05) is 0 Å². The van der Waals surface area contributed by atoms with Crippen LogP contribution in [0.2, 0.25) is 0 Å². The van der Waals surface area contributed by atoms with Crippen LogP contribution in [0, 0.1) is 5.82 Å². The molecule has 1 rings (SSSR count). The lowest BCUT2D eigenvalue weighted by atomic mass is 10.1. The van der Waals surface area contributed by atoms with Gasteiger partial charge in [-0.25, -0.2) is 9.18 Å². The minimum atomic E-state index is -1.24. The topological polar surface area (TPSA) is 75.6 Å². The van der Waals surface area contributed by atoms with Crippen LogP contribution in [0.4, 0.5) is 10.1 Å². The fraction of sp³-hybridized carbons (Fsp3) is 0.385. The highest BCUT2D eigenvalue weighted by Crippen LogP contribution is 2.17. The Labute approximate surface area is 110 Å². The predicted octanol–water partition coefficient (Wildman–Crippen LogP) is 2.28. The van der Waals surface area contributed by atoms with E-state index in [9.17, 15) is 14.0 Å². The van der Waals surface area contributed by atoms with Gasteiger partial charge in [0.1, 0.15) is 12.4 Å². The summed E-state index contributed by atoms with van der Waals surface area (Å²) in [5.74, 6) is -2.41. The van der Waals surface area contributed by atoms with Crippen LogP contribution in [0.3, 0.4) is 0 Å². The zero-order valence-electron chi connectivity index (χ0n) is 11.0. The molecule has 0 aliphatic heterocycles. The summed E-state index contributed by atoms with van der Waals surface area (Å²) < 4.78 is 18.3. The van der Waals surface area contributed by atoms with Crippen molar-refractivity contribution >= 4 is 17.6 Å². The van der Waals surface area contributed by atoms with Crippen molar-refractivity contribution in [3.8, 4) is 0 Å². The highest BCUT2D eigenvalue weighted by Gasteiger charge is 2.16. The van der Waals surface area contributed by atoms with Crippen molar-refractivity contribution in [2.45, 2.75) is 26.4 Å². The maximum absolute atomic E-state index is 13.1. The van der Waals surface area contributed by atoms with Gasteiger partial charge in [0.2, 0.25) is 5.91 Å². The summed E-state index contributed by atoms with van der Waals surface area (Å²) in [6.07, 6.45) is 0. The first-order valence-corrected chi connectivity index (χ1v) is 5.66. The SMILES string of the molecule is CC(C)(C)OCC(=O)Nc1cc(F)ccc1C(=O)O. The van der Waals surface area contributed by atoms with Gasteiger partial charge < -0.3 is 15.2 Å². The van der Waals surface area contributed by atoms with Crippen LogP contribution in [0.25, 0.3) is 0 Å². The lowest BCUT2D eigenvalue weighted by Crippen LogP contribution is -2.27. The molecule has 0 spiro atoms. The number of halogens is 1. The maximum Gasteiger partial charge on any atom is 0.337 e. The van der Waals surface area contributed by atoms with Gasteiger partial charge in [-0.05, 0) is 39.0 Å². The zero-order valence-corrected chi connectivity index (χ0v) is 11.0. The van der Waals surface area contributed by atoms with Gasteiger partial charge in [0.05, 0.1) is 16.9 Å². The predicted molar refractivity (Wildman–Crippen MR) is 67.7 cm³/mol. The van der Waals surface area contributed by atoms with E-state index in [1.807, 2.05) is 0 Å². The van der Waals surface area contributed by atoms with Crippen LogP contribution in [0.1, 0.15) is 31.1 Å². The van der Waals surface area contributed by atoms with Gasteiger partial charge in [0.15, 0.2) is 0 Å². The van der Waals surface area contributed by atoms with Gasteiger partial charge >= 0.3 is 5.97 Å². The summed E-state index contributed by atoms with van der Waals surface area (Å²) in [6.45, 7) is 5.11. The molecule has 1 aromatic carbocycles. The van der Waals surface area contributed by atoms with Gasteiger partial charge in [-0.15, -0.1) is 0 Å². The number of carbonyl (C=O) groups is 2. The van der Waals surface area contributed by atoms with Crippen molar-refractivity contribution in [3.05, 3.63) is 29.6 Å². The van der Waals surface area contributed by atoms with Gasteiger partial charge in [0, 0.05) is 0 Å². The molecule has 5 nitrogen and oxygen atoms in total. The number of nitrogens with one attached hydrogen (secondary N) is 1. The molecular formula is C13H16FNO4. The van der Waals surface area contributed by atoms with Gasteiger partial charge in [-0.3, -0.25) is 4.79 Å². The fourth-order valence-corrected chi connectivity index (χ4v) is 1.27. The number of hydrogen-bond donors (Lipinski definition) is 2. The van der Waals surface area contributed by atoms with Crippen LogP contribution in [0.5, 0.6) is 0 Å². The first kappa shape index (κ1) is 15.1. The van der Waals surface area contributed by atoms with Crippen molar-refractivity contribution < 1.29 is 23.8 Å². The Balaban J connectivity index is 2.78. The summed E-state index contributed by atoms with van der Waals surface area (Å²) in [5, 5.41) is 11.2. The number of amides is 1. The number of carboxylic acid groups (broad SMARTS) is 1. The number of carboxylic acids is 1. The van der Waals surface area contributed by atoms with Crippen molar-refractivity contribution in [1.82, 2.24) is 0 Å². The number of ether oxygens (including phenoxy) is 1. The quantitative estimate of drug-likeness (QED) is 0.879. The van der Waals surface area contributed by atoms with E-state index in [2.05, 4.69) is 5.32 Å². The Morgan fingerprint density at radius 1 is 1.37 bits per heavy atom. The summed E-state index contributed by atoms with van der Waals surface area (Å²) in [5.41, 5.74) is -0.755. The number of benzene rings is 1. The van der Waals surface area contributed by atoms with E-state index in [1.165, 1.54) is 0 Å². The van der Waals surface area contributed by atoms with E-state index >= 15 is 0 Å². The molecule has 0 aliphatic carbocycles. The number of rotatable bonds is 4. The van der Waals surface area contributed by atoms with E-state index < -0.39 is 23.3 Å². The molecular weight excluding hydrogens is 253 g/mol. The van der Waals surface area contributed by atoms with Crippen LogP contribution in [0.15, 0.2) is 18.2 Å². The second-order valence-electron chi connectivity index (χ2n) is 4.94. The lowest BCUT2D eigenvalue weighted by molar-refractivity contribution is -0.125. The minimum absolute atomic E-state index is 0.0880. The lowest BCUT2D eigenvalue weighted by Gasteiger charge is -2.19. The molecule has 0 fully saturated rings. The average molecular weight is 269 g/mol. The Kier molecular flexibility index (Phi) is 4.61. The Bertz CT molecular complexity index is 494. The second-order valence-corrected chi connectivity index (χ2v) is 4.94. The van der Waals surface area contributed by atoms with E-state index in [4.69, 9.17) is 9.84 Å². The molecule has 104 valence electrons. The van der Waals surface area contributed by atoms with Crippen LogP contribution < -0.4 is 5.32 Å². The summed E-state index contributed by atoms with van der Waals surface area (Å²) in [4.78, 5) is 22.5. The first-order chi connectivity index (χ1) is 8.69. The molecule has 0 atom stereocenters. The van der Waals surface area contributed by atoms with Crippen molar-refractivity contribution in [2.24, 2.45) is 0 Å². The number of carbonyl (C=O) groups excluding carboxylic acids is 1. The third kappa shape index (κ3) is 5.05. The maximum atomic E-state index is 13.1. The molecule has 0 aliphatic rings. The molecule has 1 aromatic rings. The smallest absolute Gasteiger partial charge is 0.337 e. The second kappa shape index (κ2) is 5.79. The van der Waals surface area contributed by atoms with Gasteiger partial charge in [0.25, 0.3) is 0 Å². The molecule has 6 heteroatoms. The highest BCUT2D eigenvalue weighted by atomic mass is 19.1. The van der Waals surface area contributed by atoms with Gasteiger partial charge in [-0.2, -0.15) is 0 Å². The molecule has 0 bridgehead atoms. The summed E-state index contributed by atoms with van der Waals surface area (Å²) in [7, 11) is 0. The van der Waals surface area contributed by atoms with E-state index in [0.29, 0.717) is 0 Å². The Morgan fingerprint density at radius 3 is 2.53 bits per heavy atom. The monoisotopic (exact) mass is 269 g/mol. The van der Waals surface area contributed by atoms with Crippen LogP contribution in [-0.2, 0) is 9.53 Å². The van der Waals surface area contributed by atoms with E-state index in [-0.39, 0.29) is 17.9 Å². The van der Waals surface area contributed by atoms with Crippen molar-refractivity contribution in [2.75, 3.05) is 11.9 Å². The largest absolute Gasteiger partial charge is 0.478 e. The molecule has 0 unspecified atom stereocenters. The molecule has 0 heterocycles. The first-order valence-electron chi connectivity index (χ1n) is 5.66. The fourth-order valence-electron chi connectivity index (χ4n) is 1.27. The molecule has 2 N–H and O–H groups in total. The number of hydrogen-bond acceptors (Lipinski definition) is 3. The molecule has 0 radical (unpaired) electrons. The molecule has 19 heavy (non-hydrogen) atoms. The Hall–Kier alpha value is -1.95. The molecule has 0 aromatic heterocycles. The third-order valence-corrected chi connectivity index (χ3v) is 2.12. The van der Waals surface area contributed by atoms with Crippen LogP contribution >= 0.6 is 0 Å². The average Bonchev–Trinajstić information content (AvgIpc) is 2.25. The summed E-state index contributed by atoms with van der Waals surface area (Å²) >= 11 is 0. The zero-order chi connectivity index (χ0) is 14.6. The molecule has 1 amide bonds. The van der Waals surface area contributed by atoms with E-state index in [1.54, 1.807) is 20.8 Å². The standard InChI is InChI=1S/C13H16FNO4/c1-13(2,3)19-7-11(16)15-10-6-8(14)4-5-9(10)12(17)18/h4-6H,7H2,1-3H3,(H,15,16)(H,17,18). The summed E-state index contributed by atoms with van der Waals surface area (Å²) in [6, 6.07) is 3.07. The molecule has 0 saturated carbocycles. The normalized spacial score (nSPS) is 11.2. The van der Waals surface area contributed by atoms with E-state index in [0.717, 1.165) is 18.2 Å². The third-order valence-electron chi connectivity index (χ3n) is 2.12. The van der Waals surface area contributed by atoms with Crippen molar-refractivity contribution in [3.63, 3.8) is 0 Å². The number of aromatic carboxylic acids is 1. The number of anilines is 1. The highest BCUT2D eigenvalue weighted by molar-refractivity contribution is 6.00. The van der Waals surface area contributed by atoms with Crippen LogP contribution in [-0.4, -0.2) is 29.2 Å². The van der Waals surface area contributed by atoms with Crippen molar-refractivity contribution in [1.29, 1.82) is 0 Å². The Morgan fingerprint density at radius 2 is 2.00 bits per heavy atom.